The number of ether oxygens (including phenoxy) is 1. The standard InChI is InChI=1S/C13H9ClN2O4/c14-11-8-9(16(18)19)6-7-12(11)15-13(17)20-10-4-2-1-3-5-10/h1-8H,(H,15,17). The molecule has 0 fully saturated rings. The summed E-state index contributed by atoms with van der Waals surface area (Å²) in [7, 11) is 0. The fourth-order valence-corrected chi connectivity index (χ4v) is 1.67. The van der Waals surface area contributed by atoms with Crippen LogP contribution in [0.1, 0.15) is 0 Å². The van der Waals surface area contributed by atoms with Gasteiger partial charge in [0.15, 0.2) is 0 Å². The van der Waals surface area contributed by atoms with Crippen molar-refractivity contribution >= 4 is 29.1 Å². The minimum atomic E-state index is -0.730. The van der Waals surface area contributed by atoms with Crippen molar-refractivity contribution in [1.29, 1.82) is 0 Å². The molecule has 0 bridgehead atoms. The molecule has 0 aromatic heterocycles. The van der Waals surface area contributed by atoms with Crippen LogP contribution in [0, 0.1) is 10.1 Å². The quantitative estimate of drug-likeness (QED) is 0.688. The number of nitro groups is 1. The highest BCUT2D eigenvalue weighted by Gasteiger charge is 2.12. The molecule has 2 rings (SSSR count). The summed E-state index contributed by atoms with van der Waals surface area (Å²) in [5.74, 6) is 0.378. The summed E-state index contributed by atoms with van der Waals surface area (Å²) in [6.07, 6.45) is -0.730. The van der Waals surface area contributed by atoms with Crippen molar-refractivity contribution in [2.24, 2.45) is 0 Å². The number of nitro benzene ring substituents is 1. The minimum Gasteiger partial charge on any atom is -0.410 e. The third-order valence-electron chi connectivity index (χ3n) is 2.35. The van der Waals surface area contributed by atoms with Crippen molar-refractivity contribution < 1.29 is 14.5 Å². The molecule has 1 amide bonds. The lowest BCUT2D eigenvalue weighted by Crippen LogP contribution is -2.16. The largest absolute Gasteiger partial charge is 0.417 e. The molecule has 0 spiro atoms. The summed E-state index contributed by atoms with van der Waals surface area (Å²) >= 11 is 5.85. The normalized spacial score (nSPS) is 9.85. The minimum absolute atomic E-state index is 0.0595. The molecule has 0 aliphatic carbocycles. The third-order valence-corrected chi connectivity index (χ3v) is 2.67. The van der Waals surface area contributed by atoms with Gasteiger partial charge in [-0.05, 0) is 18.2 Å². The average Bonchev–Trinajstić information content (AvgIpc) is 2.42. The van der Waals surface area contributed by atoms with Gasteiger partial charge in [0.1, 0.15) is 5.75 Å². The molecule has 6 nitrogen and oxygen atoms in total. The van der Waals surface area contributed by atoms with E-state index in [0.717, 1.165) is 6.07 Å². The van der Waals surface area contributed by atoms with Crippen molar-refractivity contribution in [2.75, 3.05) is 5.32 Å². The summed E-state index contributed by atoms with van der Waals surface area (Å²) in [4.78, 5) is 21.6. The van der Waals surface area contributed by atoms with Gasteiger partial charge < -0.3 is 4.74 Å². The molecule has 0 aliphatic rings. The molecular weight excluding hydrogens is 284 g/mol. The Kier molecular flexibility index (Phi) is 4.17. The topological polar surface area (TPSA) is 81.5 Å². The van der Waals surface area contributed by atoms with Crippen molar-refractivity contribution in [3.05, 3.63) is 63.7 Å². The first-order valence-electron chi connectivity index (χ1n) is 5.54. The van der Waals surface area contributed by atoms with Crippen LogP contribution in [-0.4, -0.2) is 11.0 Å². The van der Waals surface area contributed by atoms with Gasteiger partial charge >= 0.3 is 6.09 Å². The number of nitrogens with zero attached hydrogens (tertiary/aromatic N) is 1. The van der Waals surface area contributed by atoms with Crippen LogP contribution in [0.2, 0.25) is 5.02 Å². The molecule has 20 heavy (non-hydrogen) atoms. The number of para-hydroxylation sites is 1. The molecule has 0 unspecified atom stereocenters. The number of amides is 1. The Labute approximate surface area is 119 Å². The fourth-order valence-electron chi connectivity index (χ4n) is 1.45. The molecule has 7 heteroatoms. The van der Waals surface area contributed by atoms with E-state index in [9.17, 15) is 14.9 Å². The zero-order valence-corrected chi connectivity index (χ0v) is 10.8. The second-order valence-corrected chi connectivity index (χ2v) is 4.16. The first-order valence-corrected chi connectivity index (χ1v) is 5.92. The zero-order chi connectivity index (χ0) is 14.5. The van der Waals surface area contributed by atoms with Crippen molar-refractivity contribution in [3.63, 3.8) is 0 Å². The van der Waals surface area contributed by atoms with Gasteiger partial charge in [0.05, 0.1) is 15.6 Å². The molecule has 2 aromatic carbocycles. The van der Waals surface area contributed by atoms with Gasteiger partial charge in [-0.25, -0.2) is 4.79 Å². The van der Waals surface area contributed by atoms with Crippen LogP contribution >= 0.6 is 11.6 Å². The number of hydrogen-bond acceptors (Lipinski definition) is 4. The van der Waals surface area contributed by atoms with E-state index >= 15 is 0 Å². The number of anilines is 1. The molecule has 102 valence electrons. The Hall–Kier alpha value is -2.60. The Morgan fingerprint density at radius 2 is 1.90 bits per heavy atom. The van der Waals surface area contributed by atoms with Crippen LogP contribution in [0.5, 0.6) is 5.75 Å². The monoisotopic (exact) mass is 292 g/mol. The molecule has 0 heterocycles. The Balaban J connectivity index is 2.06. The van der Waals surface area contributed by atoms with Gasteiger partial charge in [0.25, 0.3) is 5.69 Å². The van der Waals surface area contributed by atoms with E-state index in [2.05, 4.69) is 5.32 Å². The maximum Gasteiger partial charge on any atom is 0.417 e. The summed E-state index contributed by atoms with van der Waals surface area (Å²) in [5, 5.41) is 13.0. The zero-order valence-electron chi connectivity index (χ0n) is 10.1. The number of halogens is 1. The van der Waals surface area contributed by atoms with Gasteiger partial charge in [-0.3, -0.25) is 15.4 Å². The SMILES string of the molecule is O=C(Nc1ccc([N+](=O)[O-])cc1Cl)Oc1ccccc1. The number of hydrogen-bond donors (Lipinski definition) is 1. The lowest BCUT2D eigenvalue weighted by atomic mass is 10.3. The highest BCUT2D eigenvalue weighted by molar-refractivity contribution is 6.33. The van der Waals surface area contributed by atoms with Crippen LogP contribution in [0.4, 0.5) is 16.2 Å². The molecule has 1 N–H and O–H groups in total. The van der Waals surface area contributed by atoms with Crippen LogP contribution < -0.4 is 10.1 Å². The van der Waals surface area contributed by atoms with Crippen LogP contribution in [0.25, 0.3) is 0 Å². The predicted octanol–water partition coefficient (Wildman–Crippen LogP) is 3.86. The molecular formula is C13H9ClN2O4. The molecule has 2 aromatic rings. The van der Waals surface area contributed by atoms with Gasteiger partial charge in [0, 0.05) is 12.1 Å². The van der Waals surface area contributed by atoms with E-state index in [0.29, 0.717) is 5.75 Å². The summed E-state index contributed by atoms with van der Waals surface area (Å²) < 4.78 is 5.01. The smallest absolute Gasteiger partial charge is 0.410 e. The highest BCUT2D eigenvalue weighted by atomic mass is 35.5. The second kappa shape index (κ2) is 6.03. The van der Waals surface area contributed by atoms with E-state index < -0.39 is 11.0 Å². The molecule has 0 saturated carbocycles. The highest BCUT2D eigenvalue weighted by Crippen LogP contribution is 2.26. The summed E-state index contributed by atoms with van der Waals surface area (Å²) in [6, 6.07) is 12.2. The fraction of sp³-hybridized carbons (Fsp3) is 0. The average molecular weight is 293 g/mol. The number of rotatable bonds is 3. The lowest BCUT2D eigenvalue weighted by Gasteiger charge is -2.07. The first-order chi connectivity index (χ1) is 9.56. The lowest BCUT2D eigenvalue weighted by molar-refractivity contribution is -0.384. The molecule has 0 aliphatic heterocycles. The van der Waals surface area contributed by atoms with E-state index in [1.807, 2.05) is 0 Å². The molecule has 0 atom stereocenters. The van der Waals surface area contributed by atoms with E-state index in [-0.39, 0.29) is 16.4 Å². The number of carbonyl (C=O) groups is 1. The van der Waals surface area contributed by atoms with E-state index in [1.165, 1.54) is 12.1 Å². The summed E-state index contributed by atoms with van der Waals surface area (Å²) in [5.41, 5.74) is 0.0789. The van der Waals surface area contributed by atoms with E-state index in [1.54, 1.807) is 30.3 Å². The third kappa shape index (κ3) is 3.46. The number of nitrogens with one attached hydrogen (secondary N) is 1. The Morgan fingerprint density at radius 3 is 2.50 bits per heavy atom. The van der Waals surface area contributed by atoms with Crippen molar-refractivity contribution in [1.82, 2.24) is 0 Å². The van der Waals surface area contributed by atoms with E-state index in [4.69, 9.17) is 16.3 Å². The number of carbonyl (C=O) groups excluding carboxylic acids is 1. The molecule has 0 radical (unpaired) electrons. The van der Waals surface area contributed by atoms with Crippen molar-refractivity contribution in [3.8, 4) is 5.75 Å². The van der Waals surface area contributed by atoms with Gasteiger partial charge in [-0.15, -0.1) is 0 Å². The Morgan fingerprint density at radius 1 is 1.20 bits per heavy atom. The van der Waals surface area contributed by atoms with Gasteiger partial charge in [-0.2, -0.15) is 0 Å². The number of benzene rings is 2. The molecule has 0 saturated heterocycles. The maximum atomic E-state index is 11.6. The summed E-state index contributed by atoms with van der Waals surface area (Å²) in [6.45, 7) is 0. The second-order valence-electron chi connectivity index (χ2n) is 3.75. The van der Waals surface area contributed by atoms with Gasteiger partial charge in [-0.1, -0.05) is 29.8 Å². The van der Waals surface area contributed by atoms with Gasteiger partial charge in [0.2, 0.25) is 0 Å². The predicted molar refractivity (Wildman–Crippen MR) is 74.2 cm³/mol. The van der Waals surface area contributed by atoms with Crippen LogP contribution in [-0.2, 0) is 0 Å². The van der Waals surface area contributed by atoms with Crippen molar-refractivity contribution in [2.45, 2.75) is 0 Å². The maximum absolute atomic E-state index is 11.6. The first kappa shape index (κ1) is 13.8. The Bertz CT molecular complexity index is 646. The van der Waals surface area contributed by atoms with Crippen LogP contribution in [0.3, 0.4) is 0 Å². The number of non-ortho nitro benzene ring substituents is 1. The van der Waals surface area contributed by atoms with Crippen LogP contribution in [0.15, 0.2) is 48.5 Å².